The van der Waals surface area contributed by atoms with Crippen LogP contribution in [-0.4, -0.2) is 203 Å². The number of unbranched alkanes of at least 4 members (excludes halogenated alkanes) is 2. The molecule has 20 nitrogen and oxygen atoms in total. The molecule has 1 aliphatic carbocycles. The maximum Gasteiger partial charge on any atom is 1.00 e. The van der Waals surface area contributed by atoms with Gasteiger partial charge in [0.2, 0.25) is 5.36 Å². The molecular weight excluding hydrogens is 1070 g/mol. The summed E-state index contributed by atoms with van der Waals surface area (Å²) in [6.45, 7) is 22.6. The van der Waals surface area contributed by atoms with Crippen LogP contribution in [0.1, 0.15) is 77.2 Å². The van der Waals surface area contributed by atoms with E-state index >= 15 is 0 Å². The van der Waals surface area contributed by atoms with Crippen molar-refractivity contribution < 1.29 is 114 Å². The number of rotatable bonds is 45. The summed E-state index contributed by atoms with van der Waals surface area (Å²) in [5.74, 6) is 0.666. The molecule has 0 saturated carbocycles. The molecule has 22 heteroatoms. The van der Waals surface area contributed by atoms with Crippen molar-refractivity contribution in [1.29, 1.82) is 0 Å². The number of carboxylic acid groups (broad SMARTS) is 1. The molecule has 4 rings (SSSR count). The molecule has 0 atom stereocenters. The van der Waals surface area contributed by atoms with Gasteiger partial charge in [-0.3, -0.25) is 4.79 Å². The van der Waals surface area contributed by atoms with E-state index in [4.69, 9.17) is 61.3 Å². The van der Waals surface area contributed by atoms with Crippen LogP contribution in [0.3, 0.4) is 0 Å². The van der Waals surface area contributed by atoms with Gasteiger partial charge in [0.05, 0.1) is 143 Å². The SMILES string of the molecule is COCCOCCOCCOCCOCCOCC[N+](CCOCCOCCOCCOCCOCCOC)=c1ccc2c(/C=C/C=C3/N(CCCCCC(=O)O)c4ccc(S(=O)(=O)[O-])cc4C3(C)C)cc(C(C)(C)C)oc-2c1.[Na+]. The molecule has 446 valence electrons. The van der Waals surface area contributed by atoms with Crippen molar-refractivity contribution in [2.24, 2.45) is 0 Å². The Morgan fingerprint density at radius 2 is 1.11 bits per heavy atom. The molecule has 0 spiro atoms. The molecule has 1 aromatic carbocycles. The van der Waals surface area contributed by atoms with Crippen LogP contribution in [0.2, 0.25) is 0 Å². The van der Waals surface area contributed by atoms with Crippen molar-refractivity contribution in [2.45, 2.75) is 76.0 Å². The number of carboxylic acids is 1. The van der Waals surface area contributed by atoms with Gasteiger partial charge in [-0.2, -0.15) is 0 Å². The summed E-state index contributed by atoms with van der Waals surface area (Å²) in [6.07, 6.45) is 8.14. The van der Waals surface area contributed by atoms with Crippen LogP contribution in [0.5, 0.6) is 0 Å². The van der Waals surface area contributed by atoms with Crippen LogP contribution in [0.4, 0.5) is 5.69 Å². The minimum atomic E-state index is -4.69. The van der Waals surface area contributed by atoms with Crippen molar-refractivity contribution >= 4 is 27.9 Å². The molecule has 0 fully saturated rings. The largest absolute Gasteiger partial charge is 1.00 e. The van der Waals surface area contributed by atoms with Gasteiger partial charge < -0.3 is 75.8 Å². The predicted molar refractivity (Wildman–Crippen MR) is 299 cm³/mol. The number of nitrogens with zero attached hydrogens (tertiary/aromatic N) is 2. The first-order valence-corrected chi connectivity index (χ1v) is 28.9. The summed E-state index contributed by atoms with van der Waals surface area (Å²) in [7, 11) is -1.41. The van der Waals surface area contributed by atoms with Gasteiger partial charge in [-0.15, -0.1) is 0 Å². The standard InChI is InChI=1S/C58H90N2O18S.Na/c1-57(2,3)55-44-47(12-11-13-54-58(4,5)51-46-49(79(63,64)65)16-18-52(51)60(54)19-10-8-9-14-56(61)62)50-17-15-48(45-53(50)78-55)59(20-22-68-28-30-72-36-38-76-42-40-74-34-32-70-26-24-66-6)21-23-69-29-31-73-37-39-77-43-41-75-35-33-71-27-25-67-7;/h11-13,15-18,44-46H,8-10,14,19-43H2,1-7H3,(H-,61,62,63,64,65);/q;+1. The molecule has 3 aliphatic rings. The number of hydrogen-bond acceptors (Lipinski definition) is 18. The summed E-state index contributed by atoms with van der Waals surface area (Å²) in [5.41, 5.74) is 3.33. The van der Waals surface area contributed by atoms with Crippen LogP contribution in [0.25, 0.3) is 17.4 Å². The van der Waals surface area contributed by atoms with Crippen LogP contribution in [0.15, 0.2) is 69.6 Å². The fourth-order valence-electron chi connectivity index (χ4n) is 8.39. The molecule has 0 unspecified atom stereocenters. The van der Waals surface area contributed by atoms with Gasteiger partial charge in [-0.1, -0.05) is 53.2 Å². The molecule has 2 heterocycles. The third-order valence-corrected chi connectivity index (χ3v) is 13.5. The van der Waals surface area contributed by atoms with E-state index in [-0.39, 0.29) is 46.3 Å². The summed E-state index contributed by atoms with van der Waals surface area (Å²) >= 11 is 0. The summed E-state index contributed by atoms with van der Waals surface area (Å²) in [4.78, 5) is 13.1. The van der Waals surface area contributed by atoms with Gasteiger partial charge in [-0.05, 0) is 60.4 Å². The zero-order valence-electron chi connectivity index (χ0n) is 49.0. The van der Waals surface area contributed by atoms with Crippen LogP contribution in [-0.2, 0) is 82.6 Å². The fourth-order valence-corrected chi connectivity index (χ4v) is 8.89. The fraction of sp³-hybridized carbons (Fsp3) is 0.655. The van der Waals surface area contributed by atoms with Crippen LogP contribution in [0, 0.1) is 0 Å². The van der Waals surface area contributed by atoms with E-state index in [0.29, 0.717) is 190 Å². The Labute approximate surface area is 497 Å². The zero-order valence-corrected chi connectivity index (χ0v) is 51.8. The Kier molecular flexibility index (Phi) is 35.7. The quantitative estimate of drug-likeness (QED) is 0.0371. The van der Waals surface area contributed by atoms with Crippen molar-refractivity contribution in [1.82, 2.24) is 4.58 Å². The van der Waals surface area contributed by atoms with Gasteiger partial charge >= 0.3 is 35.5 Å². The molecule has 1 N–H and O–H groups in total. The Morgan fingerprint density at radius 1 is 0.650 bits per heavy atom. The second-order valence-electron chi connectivity index (χ2n) is 20.1. The Hall–Kier alpha value is -3.17. The first-order valence-electron chi connectivity index (χ1n) is 27.5. The molecular formula is C58H90N2NaO18S+. The molecule has 0 saturated heterocycles. The van der Waals surface area contributed by atoms with E-state index in [9.17, 15) is 22.9 Å². The molecule has 0 radical (unpaired) electrons. The Bertz CT molecular complexity index is 2370. The maximum atomic E-state index is 12.1. The number of aliphatic carboxylic acids is 1. The van der Waals surface area contributed by atoms with Gasteiger partial charge in [0, 0.05) is 61.0 Å². The smallest absolute Gasteiger partial charge is 0.744 e. The molecule has 0 bridgehead atoms. The van der Waals surface area contributed by atoms with Gasteiger partial charge in [0.1, 0.15) is 34.9 Å². The first kappa shape index (κ1) is 71.1. The minimum Gasteiger partial charge on any atom is -0.744 e. The first-order chi connectivity index (χ1) is 38.1. The topological polar surface area (TPSA) is 225 Å². The number of ether oxygens (including phenoxy) is 12. The summed E-state index contributed by atoms with van der Waals surface area (Å²) in [5, 5.41) is 10.1. The Morgan fingerprint density at radius 3 is 1.55 bits per heavy atom. The number of anilines is 1. The van der Waals surface area contributed by atoms with E-state index in [0.717, 1.165) is 39.2 Å². The third-order valence-electron chi connectivity index (χ3n) is 12.7. The molecule has 2 aliphatic heterocycles. The van der Waals surface area contributed by atoms with Gasteiger partial charge in [0.25, 0.3) is 0 Å². The Balaban J connectivity index is 0.0000168. The summed E-state index contributed by atoms with van der Waals surface area (Å²) in [6, 6.07) is 12.8. The third kappa shape index (κ3) is 27.0. The molecule has 0 aromatic heterocycles. The predicted octanol–water partition coefficient (Wildman–Crippen LogP) is 3.16. The number of methoxy groups -OCH3 is 2. The van der Waals surface area contributed by atoms with E-state index < -0.39 is 21.5 Å². The van der Waals surface area contributed by atoms with E-state index in [2.05, 4.69) is 60.6 Å². The monoisotopic (exact) mass is 1160 g/mol. The average molecular weight is 1160 g/mol. The van der Waals surface area contributed by atoms with Crippen molar-refractivity contribution in [3.05, 3.63) is 82.6 Å². The maximum absolute atomic E-state index is 12.1. The molecule has 0 amide bonds. The minimum absolute atomic E-state index is 0. The second kappa shape index (κ2) is 40.2. The van der Waals surface area contributed by atoms with Crippen molar-refractivity contribution in [3.63, 3.8) is 0 Å². The van der Waals surface area contributed by atoms with Crippen LogP contribution >= 0.6 is 0 Å². The van der Waals surface area contributed by atoms with E-state index in [1.54, 1.807) is 20.3 Å². The molecule has 1 aromatic rings. The molecule has 80 heavy (non-hydrogen) atoms. The number of carbonyl (C=O) groups is 1. The second-order valence-corrected chi connectivity index (χ2v) is 21.5. The number of fused-ring (bicyclic) bond motifs is 2. The number of benzene rings is 2. The van der Waals surface area contributed by atoms with Gasteiger partial charge in [0.15, 0.2) is 13.1 Å². The van der Waals surface area contributed by atoms with Crippen molar-refractivity contribution in [3.8, 4) is 11.3 Å². The van der Waals surface area contributed by atoms with Crippen LogP contribution < -0.4 is 44.4 Å². The zero-order chi connectivity index (χ0) is 57.2. The average Bonchev–Trinajstić information content (AvgIpc) is 3.63. The normalized spacial score (nSPS) is 13.9. The van der Waals surface area contributed by atoms with Gasteiger partial charge in [-0.25, -0.2) is 13.0 Å². The van der Waals surface area contributed by atoms with Crippen molar-refractivity contribution in [2.75, 3.05) is 184 Å². The summed E-state index contributed by atoms with van der Waals surface area (Å²) < 4.78 is 112. The number of hydrogen-bond donors (Lipinski definition) is 1. The number of allylic oxidation sites excluding steroid dienone is 3. The van der Waals surface area contributed by atoms with E-state index in [1.165, 1.54) is 12.1 Å². The van der Waals surface area contributed by atoms with E-state index in [1.807, 2.05) is 26.0 Å².